The highest BCUT2D eigenvalue weighted by Crippen LogP contribution is 2.19. The zero-order chi connectivity index (χ0) is 17.8. The number of benzene rings is 2. The Hall–Kier alpha value is -3.55. The summed E-state index contributed by atoms with van der Waals surface area (Å²) in [5.41, 5.74) is 4.09. The minimum Gasteiger partial charge on any atom is -0.376 e. The summed E-state index contributed by atoms with van der Waals surface area (Å²) in [6.45, 7) is 2.47. The highest BCUT2D eigenvalue weighted by atomic mass is 16.5. The summed E-state index contributed by atoms with van der Waals surface area (Å²) in [5.74, 6) is 1.22. The lowest BCUT2D eigenvalue weighted by Gasteiger charge is -2.09. The molecule has 0 radical (unpaired) electrons. The van der Waals surface area contributed by atoms with E-state index in [-0.39, 0.29) is 0 Å². The van der Waals surface area contributed by atoms with Crippen molar-refractivity contribution < 1.29 is 4.52 Å². The monoisotopic (exact) mass is 347 g/mol. The van der Waals surface area contributed by atoms with Gasteiger partial charge in [0.25, 0.3) is 0 Å². The molecule has 0 spiro atoms. The second kappa shape index (κ2) is 7.14. The first-order valence-electron chi connectivity index (χ1n) is 8.21. The largest absolute Gasteiger partial charge is 0.376 e. The quantitative estimate of drug-likeness (QED) is 0.573. The predicted octanol–water partition coefficient (Wildman–Crippen LogP) is 2.56. The van der Waals surface area contributed by atoms with Crippen LogP contribution in [0.5, 0.6) is 0 Å². The van der Waals surface area contributed by atoms with Gasteiger partial charge < -0.3 is 9.84 Å². The molecule has 8 heteroatoms. The highest BCUT2D eigenvalue weighted by Gasteiger charge is 2.09. The summed E-state index contributed by atoms with van der Waals surface area (Å²) in [5, 5.41) is 18.6. The first-order chi connectivity index (χ1) is 12.8. The Morgan fingerprint density at radius 2 is 2.00 bits per heavy atom. The number of aromatic nitrogens is 6. The highest BCUT2D eigenvalue weighted by molar-refractivity contribution is 5.56. The molecule has 4 aromatic rings. The molecule has 0 bridgehead atoms. The van der Waals surface area contributed by atoms with Crippen molar-refractivity contribution in [2.24, 2.45) is 0 Å². The van der Waals surface area contributed by atoms with Gasteiger partial charge in [-0.05, 0) is 40.6 Å². The molecule has 0 amide bonds. The van der Waals surface area contributed by atoms with Gasteiger partial charge in [0.05, 0.1) is 12.2 Å². The maximum absolute atomic E-state index is 5.34. The van der Waals surface area contributed by atoms with Crippen molar-refractivity contribution in [2.45, 2.75) is 19.9 Å². The zero-order valence-electron chi connectivity index (χ0n) is 14.2. The Morgan fingerprint density at radius 3 is 2.81 bits per heavy atom. The third kappa shape index (κ3) is 3.59. The van der Waals surface area contributed by atoms with E-state index in [1.54, 1.807) is 11.0 Å². The average Bonchev–Trinajstić information content (AvgIpc) is 3.34. The molecule has 0 unspecified atom stereocenters. The summed E-state index contributed by atoms with van der Waals surface area (Å²) in [7, 11) is 0. The molecule has 2 aromatic carbocycles. The maximum atomic E-state index is 5.34. The normalized spacial score (nSPS) is 10.8. The molecular formula is C18H17N7O. The van der Waals surface area contributed by atoms with E-state index in [1.807, 2.05) is 55.5 Å². The number of tetrazole rings is 1. The van der Waals surface area contributed by atoms with E-state index in [1.165, 1.54) is 0 Å². The van der Waals surface area contributed by atoms with Gasteiger partial charge in [-0.1, -0.05) is 41.6 Å². The van der Waals surface area contributed by atoms with Crippen LogP contribution in [0.15, 0.2) is 59.4 Å². The van der Waals surface area contributed by atoms with Crippen molar-refractivity contribution in [1.29, 1.82) is 0 Å². The fourth-order valence-electron chi connectivity index (χ4n) is 2.61. The van der Waals surface area contributed by atoms with E-state index in [4.69, 9.17) is 4.52 Å². The van der Waals surface area contributed by atoms with Crippen molar-refractivity contribution in [3.8, 4) is 5.69 Å². The van der Waals surface area contributed by atoms with Crippen LogP contribution in [-0.2, 0) is 13.0 Å². The molecule has 0 saturated heterocycles. The summed E-state index contributed by atoms with van der Waals surface area (Å²) in [4.78, 5) is 4.44. The summed E-state index contributed by atoms with van der Waals surface area (Å²) >= 11 is 0. The third-order valence-electron chi connectivity index (χ3n) is 3.98. The number of hydrogen-bond donors (Lipinski definition) is 1. The van der Waals surface area contributed by atoms with Gasteiger partial charge in [0.1, 0.15) is 6.33 Å². The number of anilines is 1. The first-order valence-corrected chi connectivity index (χ1v) is 8.21. The Labute approximate surface area is 149 Å². The van der Waals surface area contributed by atoms with Gasteiger partial charge in [-0.2, -0.15) is 4.98 Å². The molecule has 0 fully saturated rings. The SMILES string of the molecule is Cc1ccc(-n2cnnn2)cc1NCc1nc(Cc2ccccc2)no1. The minimum absolute atomic E-state index is 0.446. The van der Waals surface area contributed by atoms with E-state index in [0.717, 1.165) is 22.5 Å². The van der Waals surface area contributed by atoms with Crippen LogP contribution in [0.4, 0.5) is 5.69 Å². The fraction of sp³-hybridized carbons (Fsp3) is 0.167. The lowest BCUT2D eigenvalue weighted by atomic mass is 10.1. The Morgan fingerprint density at radius 1 is 1.12 bits per heavy atom. The van der Waals surface area contributed by atoms with Gasteiger partial charge in [-0.25, -0.2) is 4.68 Å². The van der Waals surface area contributed by atoms with Crippen LogP contribution in [0.1, 0.15) is 22.8 Å². The van der Waals surface area contributed by atoms with E-state index in [2.05, 4.69) is 31.0 Å². The molecule has 26 heavy (non-hydrogen) atoms. The van der Waals surface area contributed by atoms with E-state index in [0.29, 0.717) is 24.7 Å². The smallest absolute Gasteiger partial charge is 0.245 e. The third-order valence-corrected chi connectivity index (χ3v) is 3.98. The molecule has 1 N–H and O–H groups in total. The molecule has 4 rings (SSSR count). The summed E-state index contributed by atoms with van der Waals surface area (Å²) < 4.78 is 6.95. The van der Waals surface area contributed by atoms with E-state index >= 15 is 0 Å². The van der Waals surface area contributed by atoms with Gasteiger partial charge in [0.15, 0.2) is 5.82 Å². The van der Waals surface area contributed by atoms with Crippen LogP contribution < -0.4 is 5.32 Å². The van der Waals surface area contributed by atoms with E-state index < -0.39 is 0 Å². The Balaban J connectivity index is 1.44. The Kier molecular flexibility index (Phi) is 4.38. The molecule has 2 aromatic heterocycles. The van der Waals surface area contributed by atoms with Gasteiger partial charge in [0.2, 0.25) is 5.89 Å². The molecule has 8 nitrogen and oxygen atoms in total. The molecular weight excluding hydrogens is 330 g/mol. The standard InChI is InChI=1S/C18H17N7O/c1-13-7-8-15(25-12-20-23-24-25)10-16(13)19-11-18-21-17(22-26-18)9-14-5-3-2-4-6-14/h2-8,10,12,19H,9,11H2,1H3. The molecule has 0 saturated carbocycles. The second-order valence-electron chi connectivity index (χ2n) is 5.87. The van der Waals surface area contributed by atoms with E-state index in [9.17, 15) is 0 Å². The Bertz CT molecular complexity index is 980. The average molecular weight is 347 g/mol. The number of hydrogen-bond acceptors (Lipinski definition) is 7. The number of nitrogens with one attached hydrogen (secondary N) is 1. The second-order valence-corrected chi connectivity index (χ2v) is 5.87. The van der Waals surface area contributed by atoms with Crippen LogP contribution in [0.2, 0.25) is 0 Å². The van der Waals surface area contributed by atoms with Crippen molar-refractivity contribution >= 4 is 5.69 Å². The minimum atomic E-state index is 0.446. The van der Waals surface area contributed by atoms with Crippen LogP contribution >= 0.6 is 0 Å². The zero-order valence-corrected chi connectivity index (χ0v) is 14.2. The van der Waals surface area contributed by atoms with Crippen molar-refractivity contribution in [2.75, 3.05) is 5.32 Å². The molecule has 0 aliphatic carbocycles. The van der Waals surface area contributed by atoms with Crippen molar-refractivity contribution in [3.05, 3.63) is 77.7 Å². The van der Waals surface area contributed by atoms with Crippen LogP contribution in [0, 0.1) is 6.92 Å². The molecule has 0 aliphatic heterocycles. The van der Waals surface area contributed by atoms with Gasteiger partial charge in [-0.3, -0.25) is 0 Å². The van der Waals surface area contributed by atoms with Crippen LogP contribution in [0.3, 0.4) is 0 Å². The van der Waals surface area contributed by atoms with Crippen molar-refractivity contribution in [1.82, 2.24) is 30.3 Å². The van der Waals surface area contributed by atoms with Crippen LogP contribution in [-0.4, -0.2) is 30.3 Å². The van der Waals surface area contributed by atoms with Gasteiger partial charge in [0, 0.05) is 12.1 Å². The topological polar surface area (TPSA) is 94.6 Å². The van der Waals surface area contributed by atoms with Crippen LogP contribution in [0.25, 0.3) is 5.69 Å². The van der Waals surface area contributed by atoms with Crippen molar-refractivity contribution in [3.63, 3.8) is 0 Å². The molecule has 130 valence electrons. The number of nitrogens with zero attached hydrogens (tertiary/aromatic N) is 6. The maximum Gasteiger partial charge on any atom is 0.245 e. The van der Waals surface area contributed by atoms with Gasteiger partial charge in [-0.15, -0.1) is 5.10 Å². The first kappa shape index (κ1) is 15.9. The molecule has 2 heterocycles. The summed E-state index contributed by atoms with van der Waals surface area (Å²) in [6.07, 6.45) is 2.21. The molecule has 0 aliphatic rings. The number of rotatable bonds is 6. The molecule has 0 atom stereocenters. The predicted molar refractivity (Wildman–Crippen MR) is 94.8 cm³/mol. The fourth-order valence-corrected chi connectivity index (χ4v) is 2.61. The number of aryl methyl sites for hydroxylation is 1. The lowest BCUT2D eigenvalue weighted by Crippen LogP contribution is -2.03. The lowest BCUT2D eigenvalue weighted by molar-refractivity contribution is 0.378. The summed E-state index contributed by atoms with van der Waals surface area (Å²) in [6, 6.07) is 16.0. The van der Waals surface area contributed by atoms with Gasteiger partial charge >= 0.3 is 0 Å².